The third-order valence-corrected chi connectivity index (χ3v) is 1.56. The minimum Gasteiger partial charge on any atom is -0.462 e. The predicted molar refractivity (Wildman–Crippen MR) is 52.1 cm³/mol. The third-order valence-electron chi connectivity index (χ3n) is 1.56. The zero-order valence-corrected chi connectivity index (χ0v) is 7.87. The molecule has 1 aromatic rings. The number of esters is 1. The molecule has 0 bridgehead atoms. The molecule has 0 amide bonds. The van der Waals surface area contributed by atoms with Gasteiger partial charge in [-0.25, -0.2) is 4.39 Å². The van der Waals surface area contributed by atoms with Gasteiger partial charge in [-0.1, -0.05) is 18.2 Å². The van der Waals surface area contributed by atoms with Crippen molar-refractivity contribution in [2.75, 3.05) is 6.61 Å². The Balaban J connectivity index is 2.44. The van der Waals surface area contributed by atoms with Gasteiger partial charge in [0.15, 0.2) is 0 Å². The highest BCUT2D eigenvalue weighted by Crippen LogP contribution is 2.04. The van der Waals surface area contributed by atoms with Crippen molar-refractivity contribution >= 4 is 12.0 Å². The first-order chi connectivity index (χ1) is 6.68. The molecule has 0 atom stereocenters. The van der Waals surface area contributed by atoms with Crippen LogP contribution in [0.4, 0.5) is 4.39 Å². The van der Waals surface area contributed by atoms with E-state index in [-0.39, 0.29) is 18.4 Å². The van der Waals surface area contributed by atoms with Crippen LogP contribution in [0.2, 0.25) is 0 Å². The van der Waals surface area contributed by atoms with E-state index in [1.165, 1.54) is 19.1 Å². The van der Waals surface area contributed by atoms with Crippen LogP contribution >= 0.6 is 0 Å². The summed E-state index contributed by atoms with van der Waals surface area (Å²) in [5.74, 6) is -0.573. The number of ether oxygens (including phenoxy) is 1. The zero-order valence-electron chi connectivity index (χ0n) is 7.87. The van der Waals surface area contributed by atoms with Crippen molar-refractivity contribution in [1.29, 1.82) is 0 Å². The van der Waals surface area contributed by atoms with Crippen LogP contribution in [0.3, 0.4) is 0 Å². The van der Waals surface area contributed by atoms with E-state index in [0.717, 1.165) is 5.56 Å². The van der Waals surface area contributed by atoms with Gasteiger partial charge in [0, 0.05) is 6.92 Å². The molecular weight excluding hydrogens is 183 g/mol. The van der Waals surface area contributed by atoms with E-state index < -0.39 is 0 Å². The smallest absolute Gasteiger partial charge is 0.302 e. The van der Waals surface area contributed by atoms with E-state index in [9.17, 15) is 9.18 Å². The SMILES string of the molecule is CC(=O)OC/C=C/c1ccc(F)cc1. The lowest BCUT2D eigenvalue weighted by atomic mass is 10.2. The van der Waals surface area contributed by atoms with Crippen molar-refractivity contribution in [2.24, 2.45) is 0 Å². The van der Waals surface area contributed by atoms with Gasteiger partial charge in [-0.15, -0.1) is 0 Å². The molecule has 0 fully saturated rings. The molecule has 14 heavy (non-hydrogen) atoms. The number of hydrogen-bond acceptors (Lipinski definition) is 2. The van der Waals surface area contributed by atoms with Gasteiger partial charge in [0.05, 0.1) is 0 Å². The summed E-state index contributed by atoms with van der Waals surface area (Å²) in [6, 6.07) is 6.07. The van der Waals surface area contributed by atoms with Crippen LogP contribution in [0.15, 0.2) is 30.3 Å². The molecule has 0 N–H and O–H groups in total. The van der Waals surface area contributed by atoms with Gasteiger partial charge in [-0.3, -0.25) is 4.79 Å². The molecule has 0 saturated heterocycles. The van der Waals surface area contributed by atoms with E-state index >= 15 is 0 Å². The summed E-state index contributed by atoms with van der Waals surface area (Å²) in [5, 5.41) is 0. The largest absolute Gasteiger partial charge is 0.462 e. The van der Waals surface area contributed by atoms with E-state index in [4.69, 9.17) is 0 Å². The van der Waals surface area contributed by atoms with Gasteiger partial charge in [-0.2, -0.15) is 0 Å². The van der Waals surface area contributed by atoms with Crippen molar-refractivity contribution in [3.05, 3.63) is 41.7 Å². The summed E-state index contributed by atoms with van der Waals surface area (Å²) in [6.45, 7) is 1.60. The van der Waals surface area contributed by atoms with Gasteiger partial charge in [0.1, 0.15) is 12.4 Å². The van der Waals surface area contributed by atoms with Crippen LogP contribution in [0.1, 0.15) is 12.5 Å². The van der Waals surface area contributed by atoms with Crippen LogP contribution in [0.25, 0.3) is 6.08 Å². The number of rotatable bonds is 3. The lowest BCUT2D eigenvalue weighted by molar-refractivity contribution is -0.139. The molecule has 1 rings (SSSR count). The minimum atomic E-state index is -0.311. The fourth-order valence-corrected chi connectivity index (χ4v) is 0.924. The summed E-state index contributed by atoms with van der Waals surface area (Å²) in [5.41, 5.74) is 0.874. The van der Waals surface area contributed by atoms with Gasteiger partial charge in [0.2, 0.25) is 0 Å². The fourth-order valence-electron chi connectivity index (χ4n) is 0.924. The molecule has 74 valence electrons. The van der Waals surface area contributed by atoms with E-state index in [2.05, 4.69) is 4.74 Å². The Morgan fingerprint density at radius 2 is 2.07 bits per heavy atom. The van der Waals surface area contributed by atoms with E-state index in [0.29, 0.717) is 0 Å². The normalized spacial score (nSPS) is 10.4. The molecule has 0 aliphatic carbocycles. The number of carbonyl (C=O) groups excluding carboxylic acids is 1. The second-order valence-corrected chi connectivity index (χ2v) is 2.76. The summed E-state index contributed by atoms with van der Waals surface area (Å²) >= 11 is 0. The number of hydrogen-bond donors (Lipinski definition) is 0. The second-order valence-electron chi connectivity index (χ2n) is 2.76. The predicted octanol–water partition coefficient (Wildman–Crippen LogP) is 2.40. The van der Waals surface area contributed by atoms with Crippen LogP contribution < -0.4 is 0 Å². The maximum atomic E-state index is 12.5. The average molecular weight is 194 g/mol. The first-order valence-electron chi connectivity index (χ1n) is 4.24. The van der Waals surface area contributed by atoms with Crippen molar-refractivity contribution < 1.29 is 13.9 Å². The molecule has 0 aliphatic rings. The Morgan fingerprint density at radius 3 is 2.64 bits per heavy atom. The minimum absolute atomic E-state index is 0.243. The van der Waals surface area contributed by atoms with Gasteiger partial charge in [0.25, 0.3) is 0 Å². The second kappa shape index (κ2) is 5.17. The molecule has 0 saturated carbocycles. The average Bonchev–Trinajstić information content (AvgIpc) is 2.15. The Labute approximate surface area is 82.0 Å². The maximum Gasteiger partial charge on any atom is 0.302 e. The molecule has 1 aromatic carbocycles. The highest BCUT2D eigenvalue weighted by atomic mass is 19.1. The zero-order chi connectivity index (χ0) is 10.4. The van der Waals surface area contributed by atoms with Crippen molar-refractivity contribution in [3.63, 3.8) is 0 Å². The van der Waals surface area contributed by atoms with Crippen molar-refractivity contribution in [2.45, 2.75) is 6.92 Å². The van der Waals surface area contributed by atoms with E-state index in [1.807, 2.05) is 0 Å². The van der Waals surface area contributed by atoms with Crippen LogP contribution in [0, 0.1) is 5.82 Å². The molecule has 0 unspecified atom stereocenters. The number of carbonyl (C=O) groups is 1. The fraction of sp³-hybridized carbons (Fsp3) is 0.182. The molecule has 3 heteroatoms. The highest BCUT2D eigenvalue weighted by molar-refractivity contribution is 5.66. The molecule has 0 aliphatic heterocycles. The molecule has 0 radical (unpaired) electrons. The quantitative estimate of drug-likeness (QED) is 0.690. The topological polar surface area (TPSA) is 26.3 Å². The highest BCUT2D eigenvalue weighted by Gasteiger charge is 1.89. The summed E-state index contributed by atoms with van der Waals surface area (Å²) in [6.07, 6.45) is 3.47. The summed E-state index contributed by atoms with van der Waals surface area (Å²) < 4.78 is 17.2. The van der Waals surface area contributed by atoms with Crippen molar-refractivity contribution in [1.82, 2.24) is 0 Å². The first-order valence-corrected chi connectivity index (χ1v) is 4.24. The Bertz CT molecular complexity index is 328. The Kier molecular flexibility index (Phi) is 3.85. The number of halogens is 1. The first kappa shape index (κ1) is 10.4. The van der Waals surface area contributed by atoms with Crippen LogP contribution in [-0.2, 0) is 9.53 Å². The Morgan fingerprint density at radius 1 is 1.43 bits per heavy atom. The van der Waals surface area contributed by atoms with Gasteiger partial charge in [-0.05, 0) is 23.8 Å². The molecule has 0 heterocycles. The molecule has 0 spiro atoms. The van der Waals surface area contributed by atoms with Gasteiger partial charge >= 0.3 is 5.97 Å². The van der Waals surface area contributed by atoms with Crippen molar-refractivity contribution in [3.8, 4) is 0 Å². The third kappa shape index (κ3) is 3.85. The maximum absolute atomic E-state index is 12.5. The summed E-state index contributed by atoms with van der Waals surface area (Å²) in [7, 11) is 0. The molecule has 2 nitrogen and oxygen atoms in total. The van der Waals surface area contributed by atoms with Gasteiger partial charge < -0.3 is 4.74 Å². The summed E-state index contributed by atoms with van der Waals surface area (Å²) in [4.78, 5) is 10.4. The van der Waals surface area contributed by atoms with Crippen LogP contribution in [0.5, 0.6) is 0 Å². The standard InChI is InChI=1S/C11H11FO2/c1-9(13)14-8-2-3-10-4-6-11(12)7-5-10/h2-7H,8H2,1H3/b3-2+. The lowest BCUT2D eigenvalue weighted by Crippen LogP contribution is -1.97. The lowest BCUT2D eigenvalue weighted by Gasteiger charge is -1.95. The van der Waals surface area contributed by atoms with Crippen LogP contribution in [-0.4, -0.2) is 12.6 Å². The molecule has 0 aromatic heterocycles. The number of benzene rings is 1. The Hall–Kier alpha value is -1.64. The molecular formula is C11H11FO2. The monoisotopic (exact) mass is 194 g/mol. The van der Waals surface area contributed by atoms with E-state index in [1.54, 1.807) is 24.3 Å².